The molecule has 1 aromatic rings. The fourth-order valence-electron chi connectivity index (χ4n) is 2.62. The first-order chi connectivity index (χ1) is 10.1. The molecule has 1 aliphatic heterocycles. The third-order valence-electron chi connectivity index (χ3n) is 3.78. The van der Waals surface area contributed by atoms with Crippen molar-refractivity contribution in [2.24, 2.45) is 0 Å². The minimum Gasteiger partial charge on any atom is -0.484 e. The van der Waals surface area contributed by atoms with E-state index in [0.29, 0.717) is 12.2 Å². The summed E-state index contributed by atoms with van der Waals surface area (Å²) in [6.07, 6.45) is 4.92. The molecule has 0 aliphatic carbocycles. The van der Waals surface area contributed by atoms with Crippen LogP contribution in [0.25, 0.3) is 0 Å². The average molecular weight is 291 g/mol. The van der Waals surface area contributed by atoms with Crippen LogP contribution in [-0.2, 0) is 11.2 Å². The van der Waals surface area contributed by atoms with E-state index in [1.165, 1.54) is 12.8 Å². The predicted molar refractivity (Wildman–Crippen MR) is 82.4 cm³/mol. The van der Waals surface area contributed by atoms with Gasteiger partial charge in [-0.1, -0.05) is 25.0 Å². The van der Waals surface area contributed by atoms with E-state index in [-0.39, 0.29) is 18.6 Å². The summed E-state index contributed by atoms with van der Waals surface area (Å²) >= 11 is 0. The van der Waals surface area contributed by atoms with Crippen molar-refractivity contribution in [2.45, 2.75) is 45.1 Å². The average Bonchev–Trinajstić information content (AvgIpc) is 2.75. The molecular formula is C17H25NO3. The first kappa shape index (κ1) is 15.8. The van der Waals surface area contributed by atoms with E-state index in [0.717, 1.165) is 31.5 Å². The molecule has 1 aromatic carbocycles. The Hall–Kier alpha value is -1.55. The highest BCUT2D eigenvalue weighted by Crippen LogP contribution is 2.14. The fourth-order valence-corrected chi connectivity index (χ4v) is 2.62. The molecule has 2 rings (SSSR count). The molecule has 1 heterocycles. The highest BCUT2D eigenvalue weighted by molar-refractivity contribution is 5.77. The molecule has 1 N–H and O–H groups in total. The van der Waals surface area contributed by atoms with Crippen LogP contribution < -0.4 is 4.74 Å². The molecule has 0 spiro atoms. The van der Waals surface area contributed by atoms with Gasteiger partial charge in [0.1, 0.15) is 5.75 Å². The molecule has 1 aliphatic rings. The largest absolute Gasteiger partial charge is 0.484 e. The van der Waals surface area contributed by atoms with E-state index in [4.69, 9.17) is 4.74 Å². The van der Waals surface area contributed by atoms with Gasteiger partial charge >= 0.3 is 0 Å². The van der Waals surface area contributed by atoms with E-state index < -0.39 is 0 Å². The number of likely N-dealkylation sites (tertiary alicyclic amines) is 1. The summed E-state index contributed by atoms with van der Waals surface area (Å²) in [5.74, 6) is 0.775. The molecule has 0 aromatic heterocycles. The number of hydrogen-bond donors (Lipinski definition) is 1. The Kier molecular flexibility index (Phi) is 6.05. The molecule has 0 saturated carbocycles. The maximum Gasteiger partial charge on any atom is 0.260 e. The molecule has 0 radical (unpaired) electrons. The van der Waals surface area contributed by atoms with Gasteiger partial charge in [-0.05, 0) is 43.9 Å². The second-order valence-corrected chi connectivity index (χ2v) is 5.78. The number of ether oxygens (including phenoxy) is 1. The number of rotatable bonds is 5. The van der Waals surface area contributed by atoms with Gasteiger partial charge in [0.05, 0.1) is 6.10 Å². The lowest BCUT2D eigenvalue weighted by Gasteiger charge is -2.20. The topological polar surface area (TPSA) is 49.8 Å². The number of hydrogen-bond acceptors (Lipinski definition) is 3. The monoisotopic (exact) mass is 291 g/mol. The Balaban J connectivity index is 1.80. The Morgan fingerprint density at radius 1 is 1.19 bits per heavy atom. The van der Waals surface area contributed by atoms with Gasteiger partial charge in [-0.2, -0.15) is 0 Å². The van der Waals surface area contributed by atoms with Gasteiger partial charge in [0.25, 0.3) is 5.91 Å². The lowest BCUT2D eigenvalue weighted by molar-refractivity contribution is -0.133. The zero-order chi connectivity index (χ0) is 15.1. The third-order valence-corrected chi connectivity index (χ3v) is 3.78. The standard InChI is InChI=1S/C17H25NO3/c1-14(19)12-15-6-8-16(9-7-15)21-13-17(20)18-10-4-2-3-5-11-18/h6-9,14,19H,2-5,10-13H2,1H3. The molecule has 1 fully saturated rings. The molecule has 116 valence electrons. The van der Waals surface area contributed by atoms with Crippen molar-refractivity contribution in [1.82, 2.24) is 4.90 Å². The number of aliphatic hydroxyl groups is 1. The van der Waals surface area contributed by atoms with Gasteiger partial charge in [-0.25, -0.2) is 0 Å². The molecule has 4 nitrogen and oxygen atoms in total. The lowest BCUT2D eigenvalue weighted by Crippen LogP contribution is -2.35. The van der Waals surface area contributed by atoms with Crippen molar-refractivity contribution >= 4 is 5.91 Å². The number of amides is 1. The highest BCUT2D eigenvalue weighted by atomic mass is 16.5. The van der Waals surface area contributed by atoms with Gasteiger partial charge in [0, 0.05) is 13.1 Å². The minimum absolute atomic E-state index is 0.0740. The summed E-state index contributed by atoms with van der Waals surface area (Å²) in [6.45, 7) is 3.59. The van der Waals surface area contributed by atoms with Crippen LogP contribution in [0.1, 0.15) is 38.2 Å². The molecule has 4 heteroatoms. The van der Waals surface area contributed by atoms with Crippen LogP contribution in [0.3, 0.4) is 0 Å². The Morgan fingerprint density at radius 2 is 1.81 bits per heavy atom. The van der Waals surface area contributed by atoms with Gasteiger partial charge < -0.3 is 14.7 Å². The van der Waals surface area contributed by atoms with Crippen LogP contribution in [0.4, 0.5) is 0 Å². The molecule has 1 saturated heterocycles. The summed E-state index contributed by atoms with van der Waals surface area (Å²) in [6, 6.07) is 7.57. The van der Waals surface area contributed by atoms with Crippen LogP contribution in [-0.4, -0.2) is 41.7 Å². The van der Waals surface area contributed by atoms with Gasteiger partial charge in [-0.15, -0.1) is 0 Å². The van der Waals surface area contributed by atoms with E-state index >= 15 is 0 Å². The Morgan fingerprint density at radius 3 is 2.38 bits per heavy atom. The van der Waals surface area contributed by atoms with E-state index in [2.05, 4.69) is 0 Å². The zero-order valence-electron chi connectivity index (χ0n) is 12.8. The summed E-state index contributed by atoms with van der Waals surface area (Å²) < 4.78 is 5.57. The molecule has 1 atom stereocenters. The molecule has 21 heavy (non-hydrogen) atoms. The summed E-state index contributed by atoms with van der Waals surface area (Å²) in [7, 11) is 0. The fraction of sp³-hybridized carbons (Fsp3) is 0.588. The number of aliphatic hydroxyl groups excluding tert-OH is 1. The number of benzene rings is 1. The van der Waals surface area contributed by atoms with E-state index in [9.17, 15) is 9.90 Å². The first-order valence-electron chi connectivity index (χ1n) is 7.83. The number of carbonyl (C=O) groups is 1. The van der Waals surface area contributed by atoms with Crippen molar-refractivity contribution in [3.8, 4) is 5.75 Å². The Bertz CT molecular complexity index is 434. The molecule has 0 bridgehead atoms. The molecule has 1 unspecified atom stereocenters. The first-order valence-corrected chi connectivity index (χ1v) is 7.83. The van der Waals surface area contributed by atoms with Crippen LogP contribution in [0.15, 0.2) is 24.3 Å². The Labute approximate surface area is 126 Å². The molecular weight excluding hydrogens is 266 g/mol. The van der Waals surface area contributed by atoms with Crippen molar-refractivity contribution in [3.63, 3.8) is 0 Å². The summed E-state index contributed by atoms with van der Waals surface area (Å²) in [5, 5.41) is 9.34. The van der Waals surface area contributed by atoms with Gasteiger partial charge in [0.2, 0.25) is 0 Å². The van der Waals surface area contributed by atoms with Gasteiger partial charge in [-0.3, -0.25) is 4.79 Å². The second kappa shape index (κ2) is 8.03. The van der Waals surface area contributed by atoms with Crippen LogP contribution in [0, 0.1) is 0 Å². The minimum atomic E-state index is -0.346. The normalized spacial score (nSPS) is 17.1. The quantitative estimate of drug-likeness (QED) is 0.906. The van der Waals surface area contributed by atoms with Crippen molar-refractivity contribution in [2.75, 3.05) is 19.7 Å². The van der Waals surface area contributed by atoms with Crippen LogP contribution in [0.5, 0.6) is 5.75 Å². The van der Waals surface area contributed by atoms with E-state index in [1.807, 2.05) is 29.2 Å². The van der Waals surface area contributed by atoms with E-state index in [1.54, 1.807) is 6.92 Å². The maximum atomic E-state index is 12.1. The highest BCUT2D eigenvalue weighted by Gasteiger charge is 2.15. The van der Waals surface area contributed by atoms with Crippen molar-refractivity contribution < 1.29 is 14.6 Å². The zero-order valence-corrected chi connectivity index (χ0v) is 12.8. The number of carbonyl (C=O) groups excluding carboxylic acids is 1. The predicted octanol–water partition coefficient (Wildman–Crippen LogP) is 2.39. The van der Waals surface area contributed by atoms with Crippen LogP contribution in [0.2, 0.25) is 0 Å². The second-order valence-electron chi connectivity index (χ2n) is 5.78. The molecule has 1 amide bonds. The number of nitrogens with zero attached hydrogens (tertiary/aromatic N) is 1. The lowest BCUT2D eigenvalue weighted by atomic mass is 10.1. The summed E-state index contributed by atoms with van der Waals surface area (Å²) in [4.78, 5) is 14.0. The smallest absolute Gasteiger partial charge is 0.260 e. The van der Waals surface area contributed by atoms with Crippen molar-refractivity contribution in [3.05, 3.63) is 29.8 Å². The summed E-state index contributed by atoms with van der Waals surface area (Å²) in [5.41, 5.74) is 1.07. The van der Waals surface area contributed by atoms with Crippen molar-refractivity contribution in [1.29, 1.82) is 0 Å². The van der Waals surface area contributed by atoms with Crippen LogP contribution >= 0.6 is 0 Å². The third kappa shape index (κ3) is 5.38. The van der Waals surface area contributed by atoms with Gasteiger partial charge in [0.15, 0.2) is 6.61 Å². The SMILES string of the molecule is CC(O)Cc1ccc(OCC(=O)N2CCCCCC2)cc1. The maximum absolute atomic E-state index is 12.1.